The van der Waals surface area contributed by atoms with Gasteiger partial charge in [0.2, 0.25) is 5.95 Å². The van der Waals surface area contributed by atoms with Crippen LogP contribution in [0, 0.1) is 11.6 Å². The van der Waals surface area contributed by atoms with Gasteiger partial charge in [0.05, 0.1) is 5.56 Å². The summed E-state index contributed by atoms with van der Waals surface area (Å²) < 4.78 is 26.8. The zero-order valence-electron chi connectivity index (χ0n) is 16.7. The molecule has 4 rings (SSSR count). The molecular formula is C22H22F2N6O. The van der Waals surface area contributed by atoms with Gasteiger partial charge < -0.3 is 16.4 Å². The largest absolute Gasteiger partial charge is 0.343 e. The first kappa shape index (κ1) is 20.8. The first-order valence-electron chi connectivity index (χ1n) is 9.95. The van der Waals surface area contributed by atoms with Gasteiger partial charge in [-0.05, 0) is 42.3 Å². The van der Waals surface area contributed by atoms with E-state index in [0.717, 1.165) is 42.8 Å². The quantitative estimate of drug-likeness (QED) is 0.436. The lowest BCUT2D eigenvalue weighted by Crippen LogP contribution is -2.17. The highest BCUT2D eigenvalue weighted by Crippen LogP contribution is 2.27. The van der Waals surface area contributed by atoms with Gasteiger partial charge in [-0.25, -0.2) is 13.8 Å². The summed E-state index contributed by atoms with van der Waals surface area (Å²) in [6.07, 6.45) is 2.68. The SMILES string of the molecule is NCCCNCc1ccc(-c2cnc(N=C3Cc4cc(F)c(F)cc4N3)[nH]c2=O)cc1. The van der Waals surface area contributed by atoms with E-state index in [1.165, 1.54) is 6.20 Å². The van der Waals surface area contributed by atoms with Crippen molar-refractivity contribution in [2.45, 2.75) is 19.4 Å². The number of nitrogens with two attached hydrogens (primary N) is 1. The number of amidine groups is 1. The van der Waals surface area contributed by atoms with E-state index in [1.54, 1.807) is 0 Å². The summed E-state index contributed by atoms with van der Waals surface area (Å²) in [4.78, 5) is 23.7. The Labute approximate surface area is 177 Å². The van der Waals surface area contributed by atoms with Crippen LogP contribution in [0.4, 0.5) is 20.4 Å². The summed E-state index contributed by atoms with van der Waals surface area (Å²) in [7, 11) is 0. The van der Waals surface area contributed by atoms with Crippen LogP contribution in [-0.2, 0) is 13.0 Å². The lowest BCUT2D eigenvalue weighted by molar-refractivity contribution is 0.508. The Morgan fingerprint density at radius 2 is 1.94 bits per heavy atom. The van der Waals surface area contributed by atoms with Crippen LogP contribution in [0.1, 0.15) is 17.5 Å². The van der Waals surface area contributed by atoms with Crippen LogP contribution in [0.25, 0.3) is 11.1 Å². The van der Waals surface area contributed by atoms with Gasteiger partial charge in [0.1, 0.15) is 5.84 Å². The van der Waals surface area contributed by atoms with E-state index in [0.29, 0.717) is 35.6 Å². The smallest absolute Gasteiger partial charge is 0.260 e. The monoisotopic (exact) mass is 424 g/mol. The number of aromatic amines is 1. The summed E-state index contributed by atoms with van der Waals surface area (Å²) in [5.74, 6) is -1.27. The average Bonchev–Trinajstić information content (AvgIpc) is 3.13. The third-order valence-corrected chi connectivity index (χ3v) is 4.96. The molecule has 0 bridgehead atoms. The number of benzene rings is 2. The van der Waals surface area contributed by atoms with Gasteiger partial charge in [0.25, 0.3) is 5.56 Å². The first-order chi connectivity index (χ1) is 15.0. The van der Waals surface area contributed by atoms with Crippen molar-refractivity contribution in [2.24, 2.45) is 10.7 Å². The van der Waals surface area contributed by atoms with Gasteiger partial charge in [-0.2, -0.15) is 4.99 Å². The van der Waals surface area contributed by atoms with Gasteiger partial charge in [-0.1, -0.05) is 24.3 Å². The molecule has 31 heavy (non-hydrogen) atoms. The van der Waals surface area contributed by atoms with Crippen molar-refractivity contribution in [3.63, 3.8) is 0 Å². The molecule has 0 radical (unpaired) electrons. The van der Waals surface area contributed by atoms with E-state index < -0.39 is 11.6 Å². The topological polar surface area (TPSA) is 108 Å². The zero-order valence-corrected chi connectivity index (χ0v) is 16.7. The van der Waals surface area contributed by atoms with Crippen molar-refractivity contribution in [3.05, 3.63) is 75.7 Å². The summed E-state index contributed by atoms with van der Waals surface area (Å²) in [6, 6.07) is 9.87. The maximum atomic E-state index is 13.4. The number of nitrogens with one attached hydrogen (secondary N) is 3. The van der Waals surface area contributed by atoms with Gasteiger partial charge in [-0.15, -0.1) is 0 Å². The normalized spacial score (nSPS) is 14.0. The van der Waals surface area contributed by atoms with Crippen molar-refractivity contribution in [3.8, 4) is 11.1 Å². The highest BCUT2D eigenvalue weighted by atomic mass is 19.2. The van der Waals surface area contributed by atoms with E-state index in [2.05, 4.69) is 25.6 Å². The molecule has 2 heterocycles. The van der Waals surface area contributed by atoms with Crippen molar-refractivity contribution in [2.75, 3.05) is 18.4 Å². The van der Waals surface area contributed by atoms with E-state index in [4.69, 9.17) is 5.73 Å². The van der Waals surface area contributed by atoms with Crippen LogP contribution in [0.3, 0.4) is 0 Å². The number of aliphatic imine (C=N–C) groups is 1. The van der Waals surface area contributed by atoms with Crippen LogP contribution in [0.5, 0.6) is 0 Å². The summed E-state index contributed by atoms with van der Waals surface area (Å²) in [5, 5.41) is 6.22. The van der Waals surface area contributed by atoms with Crippen molar-refractivity contribution >= 4 is 17.5 Å². The molecule has 3 aromatic rings. The lowest BCUT2D eigenvalue weighted by atomic mass is 10.1. The summed E-state index contributed by atoms with van der Waals surface area (Å²) >= 11 is 0. The number of aromatic nitrogens is 2. The maximum absolute atomic E-state index is 13.4. The van der Waals surface area contributed by atoms with E-state index >= 15 is 0 Å². The number of rotatable bonds is 7. The summed E-state index contributed by atoms with van der Waals surface area (Å²) in [5.41, 5.74) is 8.48. The second kappa shape index (κ2) is 9.15. The second-order valence-electron chi connectivity index (χ2n) is 7.25. The van der Waals surface area contributed by atoms with Crippen LogP contribution < -0.4 is 21.9 Å². The van der Waals surface area contributed by atoms with Gasteiger partial charge in [0.15, 0.2) is 11.6 Å². The molecule has 0 aliphatic carbocycles. The fourth-order valence-corrected chi connectivity index (χ4v) is 3.34. The van der Waals surface area contributed by atoms with E-state index in [-0.39, 0.29) is 11.5 Å². The molecule has 1 aromatic heterocycles. The molecule has 1 aliphatic rings. The number of anilines is 1. The molecular weight excluding hydrogens is 402 g/mol. The number of hydrogen-bond donors (Lipinski definition) is 4. The molecule has 0 atom stereocenters. The minimum absolute atomic E-state index is 0.116. The van der Waals surface area contributed by atoms with Gasteiger partial charge in [-0.3, -0.25) is 9.78 Å². The molecule has 0 unspecified atom stereocenters. The predicted molar refractivity (Wildman–Crippen MR) is 116 cm³/mol. The molecule has 0 amide bonds. The fourth-order valence-electron chi connectivity index (χ4n) is 3.34. The Hall–Kier alpha value is -3.43. The highest BCUT2D eigenvalue weighted by Gasteiger charge is 2.19. The first-order valence-corrected chi connectivity index (χ1v) is 9.95. The number of fused-ring (bicyclic) bond motifs is 1. The molecule has 160 valence electrons. The van der Waals surface area contributed by atoms with Crippen LogP contribution in [0.2, 0.25) is 0 Å². The molecule has 0 spiro atoms. The van der Waals surface area contributed by atoms with E-state index in [1.807, 2.05) is 24.3 Å². The summed E-state index contributed by atoms with van der Waals surface area (Å²) in [6.45, 7) is 2.24. The predicted octanol–water partition coefficient (Wildman–Crippen LogP) is 2.85. The number of nitrogens with zero attached hydrogens (tertiary/aromatic N) is 2. The van der Waals surface area contributed by atoms with Crippen LogP contribution >= 0.6 is 0 Å². The second-order valence-corrected chi connectivity index (χ2v) is 7.25. The Balaban J connectivity index is 1.46. The molecule has 5 N–H and O–H groups in total. The van der Waals surface area contributed by atoms with Gasteiger partial charge in [0, 0.05) is 30.9 Å². The van der Waals surface area contributed by atoms with Crippen molar-refractivity contribution < 1.29 is 8.78 Å². The maximum Gasteiger partial charge on any atom is 0.260 e. The third kappa shape index (κ3) is 4.84. The van der Waals surface area contributed by atoms with Gasteiger partial charge >= 0.3 is 0 Å². The molecule has 7 nitrogen and oxygen atoms in total. The van der Waals surface area contributed by atoms with Crippen molar-refractivity contribution in [1.82, 2.24) is 15.3 Å². The number of hydrogen-bond acceptors (Lipinski definition) is 5. The van der Waals surface area contributed by atoms with Crippen molar-refractivity contribution in [1.29, 1.82) is 0 Å². The highest BCUT2D eigenvalue weighted by molar-refractivity contribution is 6.03. The average molecular weight is 424 g/mol. The fraction of sp³-hybridized carbons (Fsp3) is 0.227. The Kier molecular flexibility index (Phi) is 6.15. The lowest BCUT2D eigenvalue weighted by Gasteiger charge is -2.06. The Morgan fingerprint density at radius 3 is 2.68 bits per heavy atom. The van der Waals surface area contributed by atoms with Crippen LogP contribution in [-0.4, -0.2) is 28.9 Å². The van der Waals surface area contributed by atoms with Crippen LogP contribution in [0.15, 0.2) is 52.4 Å². The molecule has 9 heteroatoms. The van der Waals surface area contributed by atoms with E-state index in [9.17, 15) is 13.6 Å². The Morgan fingerprint density at radius 1 is 1.16 bits per heavy atom. The number of halogens is 2. The molecule has 0 fully saturated rings. The minimum Gasteiger partial charge on any atom is -0.343 e. The minimum atomic E-state index is -0.930. The molecule has 2 aromatic carbocycles. The Bertz CT molecular complexity index is 1140. The molecule has 1 aliphatic heterocycles. The number of H-pyrrole nitrogens is 1. The molecule has 0 saturated heterocycles. The zero-order chi connectivity index (χ0) is 21.8. The standard InChI is InChI=1S/C22H22F2N6O/c23-17-8-15-9-20(28-19(15)10-18(17)24)29-22-27-12-16(21(31)30-22)14-4-2-13(3-5-14)11-26-7-1-6-25/h2-5,8,10,12,26H,1,6-7,9,11,25H2,(H2,27,28,29,30,31). The molecule has 0 saturated carbocycles. The third-order valence-electron chi connectivity index (χ3n) is 4.96.